The minimum atomic E-state index is -0.548. The average molecular weight is 390 g/mol. The number of aryl methyl sites for hydroxylation is 1. The van der Waals surface area contributed by atoms with Crippen molar-refractivity contribution in [3.8, 4) is 11.5 Å². The van der Waals surface area contributed by atoms with Crippen LogP contribution < -0.4 is 14.8 Å². The van der Waals surface area contributed by atoms with Gasteiger partial charge in [0.2, 0.25) is 0 Å². The molecule has 0 heterocycles. The third-order valence-corrected chi connectivity index (χ3v) is 4.29. The second kappa shape index (κ2) is 10.8. The molecule has 0 saturated heterocycles. The molecule has 1 unspecified atom stereocenters. The summed E-state index contributed by atoms with van der Waals surface area (Å²) in [6.07, 6.45) is 1.90. The van der Waals surface area contributed by atoms with Gasteiger partial charge in [-0.05, 0) is 62.9 Å². The van der Waals surface area contributed by atoms with Crippen LogP contribution in [0.5, 0.6) is 11.5 Å². The fourth-order valence-electron chi connectivity index (χ4n) is 2.68. The zero-order chi connectivity index (χ0) is 19.6. The largest absolute Gasteiger partial charge is 0.491 e. The summed E-state index contributed by atoms with van der Waals surface area (Å²) in [7, 11) is 0. The van der Waals surface area contributed by atoms with Gasteiger partial charge in [-0.3, -0.25) is 4.79 Å². The van der Waals surface area contributed by atoms with Crippen LogP contribution in [0.4, 0.5) is 0 Å². The number of hydrogen-bond donors (Lipinski definition) is 1. The van der Waals surface area contributed by atoms with Gasteiger partial charge in [-0.1, -0.05) is 42.8 Å². The molecule has 0 aliphatic rings. The predicted octanol–water partition coefficient (Wildman–Crippen LogP) is 5.03. The molecule has 0 aliphatic heterocycles. The number of rotatable bonds is 10. The number of carbonyl (C=O) groups is 1. The number of carbonyl (C=O) groups excluding carboxylic acids is 1. The molecule has 0 aromatic heterocycles. The van der Waals surface area contributed by atoms with E-state index in [1.165, 1.54) is 5.56 Å². The molecule has 0 aliphatic carbocycles. The molecule has 0 bridgehead atoms. The fourth-order valence-corrected chi connectivity index (χ4v) is 2.86. The number of ether oxygens (including phenoxy) is 2. The molecule has 1 amide bonds. The van der Waals surface area contributed by atoms with Crippen molar-refractivity contribution in [3.05, 3.63) is 59.1 Å². The molecule has 4 nitrogen and oxygen atoms in total. The van der Waals surface area contributed by atoms with Crippen molar-refractivity contribution >= 4 is 17.5 Å². The van der Waals surface area contributed by atoms with E-state index in [2.05, 4.69) is 17.4 Å². The average Bonchev–Trinajstić information content (AvgIpc) is 2.64. The molecule has 0 saturated carbocycles. The van der Waals surface area contributed by atoms with E-state index in [0.717, 1.165) is 18.6 Å². The molecule has 0 fully saturated rings. The van der Waals surface area contributed by atoms with E-state index in [0.29, 0.717) is 23.7 Å². The zero-order valence-corrected chi connectivity index (χ0v) is 17.0. The van der Waals surface area contributed by atoms with E-state index in [1.54, 1.807) is 12.1 Å². The molecule has 0 radical (unpaired) electrons. The summed E-state index contributed by atoms with van der Waals surface area (Å²) in [5.74, 6) is 1.29. The highest BCUT2D eigenvalue weighted by atomic mass is 35.5. The van der Waals surface area contributed by atoms with Crippen LogP contribution in [0.1, 0.15) is 39.2 Å². The summed E-state index contributed by atoms with van der Waals surface area (Å²) in [6.45, 7) is 6.53. The Balaban J connectivity index is 1.78. The maximum atomic E-state index is 12.4. The van der Waals surface area contributed by atoms with Crippen LogP contribution >= 0.6 is 11.6 Å². The highest BCUT2D eigenvalue weighted by Gasteiger charge is 2.18. The second-order valence-electron chi connectivity index (χ2n) is 6.65. The van der Waals surface area contributed by atoms with E-state index in [4.69, 9.17) is 21.1 Å². The lowest BCUT2D eigenvalue weighted by atomic mass is 10.1. The highest BCUT2D eigenvalue weighted by molar-refractivity contribution is 6.32. The Hall–Kier alpha value is -2.20. The lowest BCUT2D eigenvalue weighted by molar-refractivity contribution is -0.128. The van der Waals surface area contributed by atoms with Crippen LogP contribution in [-0.2, 0) is 11.2 Å². The summed E-state index contributed by atoms with van der Waals surface area (Å²) < 4.78 is 11.5. The van der Waals surface area contributed by atoms with Gasteiger partial charge in [0.1, 0.15) is 11.5 Å². The van der Waals surface area contributed by atoms with Gasteiger partial charge in [0.15, 0.2) is 6.10 Å². The lowest BCUT2D eigenvalue weighted by Crippen LogP contribution is -2.38. The Bertz CT molecular complexity index is 733. The minimum absolute atomic E-state index is 0.116. The number of nitrogens with one attached hydrogen (secondary N) is 1. The van der Waals surface area contributed by atoms with Gasteiger partial charge in [-0.15, -0.1) is 0 Å². The van der Waals surface area contributed by atoms with Crippen molar-refractivity contribution in [2.45, 2.75) is 52.2 Å². The maximum absolute atomic E-state index is 12.4. The standard InChI is InChI=1S/C22H28ClNO3/c1-4-20(27-21-13-6-5-12-19(21)23)22(25)24-14-8-10-17-9-7-11-18(15-17)26-16(2)3/h5-7,9,11-13,15-16,20H,4,8,10,14H2,1-3H3,(H,24,25). The Morgan fingerprint density at radius 2 is 1.89 bits per heavy atom. The minimum Gasteiger partial charge on any atom is -0.491 e. The van der Waals surface area contributed by atoms with Crippen molar-refractivity contribution in [1.82, 2.24) is 5.32 Å². The molecule has 0 spiro atoms. The van der Waals surface area contributed by atoms with Crippen molar-refractivity contribution < 1.29 is 14.3 Å². The summed E-state index contributed by atoms with van der Waals surface area (Å²) in [4.78, 5) is 12.4. The van der Waals surface area contributed by atoms with Gasteiger partial charge in [0.25, 0.3) is 5.91 Å². The number of para-hydroxylation sites is 1. The molecule has 2 rings (SSSR count). The molecule has 2 aromatic rings. The molecular weight excluding hydrogens is 362 g/mol. The van der Waals surface area contributed by atoms with Gasteiger partial charge in [-0.2, -0.15) is 0 Å². The number of amides is 1. The third-order valence-electron chi connectivity index (χ3n) is 3.98. The van der Waals surface area contributed by atoms with E-state index >= 15 is 0 Å². The summed E-state index contributed by atoms with van der Waals surface area (Å²) in [6, 6.07) is 15.3. The SMILES string of the molecule is CCC(Oc1ccccc1Cl)C(=O)NCCCc1cccc(OC(C)C)c1. The second-order valence-corrected chi connectivity index (χ2v) is 7.06. The van der Waals surface area contributed by atoms with Crippen molar-refractivity contribution in [2.24, 2.45) is 0 Å². The van der Waals surface area contributed by atoms with Crippen LogP contribution in [0, 0.1) is 0 Å². The molecular formula is C22H28ClNO3. The van der Waals surface area contributed by atoms with Gasteiger partial charge in [-0.25, -0.2) is 0 Å². The van der Waals surface area contributed by atoms with Crippen molar-refractivity contribution in [2.75, 3.05) is 6.54 Å². The first-order chi connectivity index (χ1) is 13.0. The maximum Gasteiger partial charge on any atom is 0.261 e. The first-order valence-electron chi connectivity index (χ1n) is 9.44. The Morgan fingerprint density at radius 1 is 1.11 bits per heavy atom. The predicted molar refractivity (Wildman–Crippen MR) is 110 cm³/mol. The molecule has 1 N–H and O–H groups in total. The van der Waals surface area contributed by atoms with Crippen LogP contribution in [0.2, 0.25) is 5.02 Å². The van der Waals surface area contributed by atoms with E-state index in [9.17, 15) is 4.79 Å². The topological polar surface area (TPSA) is 47.6 Å². The van der Waals surface area contributed by atoms with E-state index in [-0.39, 0.29) is 12.0 Å². The zero-order valence-electron chi connectivity index (χ0n) is 16.2. The molecule has 1 atom stereocenters. The molecule has 5 heteroatoms. The summed E-state index contributed by atoms with van der Waals surface area (Å²) in [5.41, 5.74) is 1.20. The Kier molecular flexibility index (Phi) is 8.46. The highest BCUT2D eigenvalue weighted by Crippen LogP contribution is 2.24. The first-order valence-corrected chi connectivity index (χ1v) is 9.82. The lowest BCUT2D eigenvalue weighted by Gasteiger charge is -2.18. The third kappa shape index (κ3) is 7.14. The summed E-state index contributed by atoms with van der Waals surface area (Å²) >= 11 is 6.10. The van der Waals surface area contributed by atoms with Crippen molar-refractivity contribution in [1.29, 1.82) is 0 Å². The normalized spacial score (nSPS) is 11.9. The number of hydrogen-bond acceptors (Lipinski definition) is 3. The van der Waals surface area contributed by atoms with Crippen LogP contribution in [-0.4, -0.2) is 24.7 Å². The van der Waals surface area contributed by atoms with Crippen LogP contribution in [0.3, 0.4) is 0 Å². The molecule has 27 heavy (non-hydrogen) atoms. The number of benzene rings is 2. The summed E-state index contributed by atoms with van der Waals surface area (Å²) in [5, 5.41) is 3.46. The Labute approximate surface area is 166 Å². The van der Waals surface area contributed by atoms with Gasteiger partial charge in [0, 0.05) is 6.54 Å². The molecule has 146 valence electrons. The quantitative estimate of drug-likeness (QED) is 0.579. The van der Waals surface area contributed by atoms with Crippen molar-refractivity contribution in [3.63, 3.8) is 0 Å². The number of halogens is 1. The Morgan fingerprint density at radius 3 is 2.59 bits per heavy atom. The van der Waals surface area contributed by atoms with Crippen LogP contribution in [0.25, 0.3) is 0 Å². The van der Waals surface area contributed by atoms with Gasteiger partial charge in [0.05, 0.1) is 11.1 Å². The van der Waals surface area contributed by atoms with E-state index in [1.807, 2.05) is 45.0 Å². The smallest absolute Gasteiger partial charge is 0.261 e. The molecule has 2 aromatic carbocycles. The fraction of sp³-hybridized carbons (Fsp3) is 0.409. The van der Waals surface area contributed by atoms with Gasteiger partial charge >= 0.3 is 0 Å². The van der Waals surface area contributed by atoms with E-state index < -0.39 is 6.10 Å². The first kappa shape index (κ1) is 21.1. The monoisotopic (exact) mass is 389 g/mol. The van der Waals surface area contributed by atoms with Gasteiger partial charge < -0.3 is 14.8 Å². The van der Waals surface area contributed by atoms with Crippen LogP contribution in [0.15, 0.2) is 48.5 Å².